The summed E-state index contributed by atoms with van der Waals surface area (Å²) in [6.45, 7) is 1.99. The van der Waals surface area contributed by atoms with Crippen LogP contribution in [0.1, 0.15) is 44.8 Å². The van der Waals surface area contributed by atoms with E-state index in [1.54, 1.807) is 19.2 Å². The number of H-pyrrole nitrogens is 1. The third-order valence-electron chi connectivity index (χ3n) is 7.28. The predicted octanol–water partition coefficient (Wildman–Crippen LogP) is 6.32. The zero-order valence-corrected chi connectivity index (χ0v) is 21.0. The fourth-order valence-corrected chi connectivity index (χ4v) is 5.00. The molecule has 0 spiro atoms. The fourth-order valence-electron chi connectivity index (χ4n) is 5.00. The molecule has 1 aliphatic carbocycles. The van der Waals surface area contributed by atoms with Crippen molar-refractivity contribution in [1.82, 2.24) is 15.6 Å². The van der Waals surface area contributed by atoms with E-state index in [2.05, 4.69) is 15.6 Å². The molecule has 0 radical (unpaired) electrons. The van der Waals surface area contributed by atoms with E-state index in [-0.39, 0.29) is 23.2 Å². The van der Waals surface area contributed by atoms with E-state index >= 15 is 0 Å². The van der Waals surface area contributed by atoms with Gasteiger partial charge in [-0.15, -0.1) is 0 Å². The average Bonchev–Trinajstić information content (AvgIpc) is 3.33. The first-order chi connectivity index (χ1) is 18.4. The fraction of sp³-hybridized carbons (Fsp3) is 0.161. The standard InChI is InChI=1S/C31H26FN3O3/c1-18-5-6-21(29(36)35-31(13-14-31)26-4-3-15-34-26)17-23(18)20-9-12-25-24(16-20)27(30(37)33-2)28(38-25)19-7-10-22(32)11-8-19/h3-12,15-17,34H,13-14H2,1-2H3,(H,33,37)(H,35,36). The molecule has 38 heavy (non-hydrogen) atoms. The molecule has 0 unspecified atom stereocenters. The Morgan fingerprint density at radius 1 is 0.947 bits per heavy atom. The molecule has 190 valence electrons. The van der Waals surface area contributed by atoms with Gasteiger partial charge in [0, 0.05) is 35.5 Å². The van der Waals surface area contributed by atoms with E-state index in [0.29, 0.717) is 33.4 Å². The van der Waals surface area contributed by atoms with Gasteiger partial charge in [0.05, 0.1) is 11.1 Å². The van der Waals surface area contributed by atoms with E-state index in [0.717, 1.165) is 35.2 Å². The summed E-state index contributed by atoms with van der Waals surface area (Å²) < 4.78 is 19.6. The molecule has 3 N–H and O–H groups in total. The normalized spacial score (nSPS) is 13.9. The molecule has 6 rings (SSSR count). The molecule has 0 aliphatic heterocycles. The average molecular weight is 508 g/mol. The Balaban J connectivity index is 1.40. The number of aryl methyl sites for hydroxylation is 1. The quantitative estimate of drug-likeness (QED) is 0.251. The molecule has 0 bridgehead atoms. The minimum absolute atomic E-state index is 0.132. The van der Waals surface area contributed by atoms with Crippen LogP contribution in [0.25, 0.3) is 33.4 Å². The summed E-state index contributed by atoms with van der Waals surface area (Å²) >= 11 is 0. The number of furan rings is 1. The van der Waals surface area contributed by atoms with E-state index < -0.39 is 0 Å². The van der Waals surface area contributed by atoms with Gasteiger partial charge in [-0.2, -0.15) is 0 Å². The third kappa shape index (κ3) is 4.06. The Bertz CT molecular complexity index is 1680. The number of benzene rings is 3. The summed E-state index contributed by atoms with van der Waals surface area (Å²) in [5.74, 6) is -0.426. The molecule has 7 heteroatoms. The van der Waals surface area contributed by atoms with Crippen LogP contribution in [-0.4, -0.2) is 23.8 Å². The van der Waals surface area contributed by atoms with E-state index in [9.17, 15) is 14.0 Å². The van der Waals surface area contributed by atoms with Crippen molar-refractivity contribution < 1.29 is 18.4 Å². The van der Waals surface area contributed by atoms with Crippen LogP contribution in [0.2, 0.25) is 0 Å². The van der Waals surface area contributed by atoms with Crippen LogP contribution < -0.4 is 10.6 Å². The monoisotopic (exact) mass is 507 g/mol. The second-order valence-electron chi connectivity index (χ2n) is 9.75. The van der Waals surface area contributed by atoms with Gasteiger partial charge in [-0.25, -0.2) is 4.39 Å². The first-order valence-corrected chi connectivity index (χ1v) is 12.5. The maximum Gasteiger partial charge on any atom is 0.255 e. The van der Waals surface area contributed by atoms with E-state index in [1.165, 1.54) is 12.1 Å². The number of carbonyl (C=O) groups excluding carboxylic acids is 2. The summed E-state index contributed by atoms with van der Waals surface area (Å²) in [6, 6.07) is 21.1. The Hall–Kier alpha value is -4.65. The van der Waals surface area contributed by atoms with E-state index in [4.69, 9.17) is 4.42 Å². The number of aromatic nitrogens is 1. The highest BCUT2D eigenvalue weighted by atomic mass is 19.1. The summed E-state index contributed by atoms with van der Waals surface area (Å²) in [5, 5.41) is 6.53. The largest absolute Gasteiger partial charge is 0.455 e. The van der Waals surface area contributed by atoms with Gasteiger partial charge in [-0.3, -0.25) is 9.59 Å². The number of carbonyl (C=O) groups is 2. The molecule has 1 fully saturated rings. The van der Waals surface area contributed by atoms with Gasteiger partial charge in [0.1, 0.15) is 17.2 Å². The molecule has 0 atom stereocenters. The van der Waals surface area contributed by atoms with Crippen molar-refractivity contribution in [3.63, 3.8) is 0 Å². The zero-order chi connectivity index (χ0) is 26.4. The first kappa shape index (κ1) is 23.7. The van der Waals surface area contributed by atoms with Crippen LogP contribution in [-0.2, 0) is 5.54 Å². The van der Waals surface area contributed by atoms with Crippen molar-refractivity contribution in [2.24, 2.45) is 0 Å². The Labute approximate surface area is 218 Å². The van der Waals surface area contributed by atoms with Crippen molar-refractivity contribution >= 4 is 22.8 Å². The molecule has 0 saturated heterocycles. The van der Waals surface area contributed by atoms with Crippen LogP contribution in [0, 0.1) is 12.7 Å². The molecule has 2 amide bonds. The van der Waals surface area contributed by atoms with Crippen molar-refractivity contribution in [3.8, 4) is 22.5 Å². The highest BCUT2D eigenvalue weighted by Crippen LogP contribution is 2.45. The Morgan fingerprint density at radius 2 is 1.71 bits per heavy atom. The topological polar surface area (TPSA) is 87.1 Å². The molecule has 6 nitrogen and oxygen atoms in total. The number of aromatic amines is 1. The minimum Gasteiger partial charge on any atom is -0.455 e. The van der Waals surface area contributed by atoms with Gasteiger partial charge in [0.25, 0.3) is 11.8 Å². The first-order valence-electron chi connectivity index (χ1n) is 12.5. The van der Waals surface area contributed by atoms with Gasteiger partial charge in [-0.1, -0.05) is 12.1 Å². The number of fused-ring (bicyclic) bond motifs is 1. The summed E-state index contributed by atoms with van der Waals surface area (Å²) in [5.41, 5.74) is 5.51. The number of hydrogen-bond acceptors (Lipinski definition) is 3. The lowest BCUT2D eigenvalue weighted by atomic mass is 9.95. The molecular weight excluding hydrogens is 481 g/mol. The second-order valence-corrected chi connectivity index (χ2v) is 9.75. The third-order valence-corrected chi connectivity index (χ3v) is 7.28. The van der Waals surface area contributed by atoms with Crippen LogP contribution in [0.5, 0.6) is 0 Å². The molecular formula is C31H26FN3O3. The molecule has 3 aromatic carbocycles. The minimum atomic E-state index is -0.367. The van der Waals surface area contributed by atoms with Crippen LogP contribution in [0.4, 0.5) is 4.39 Å². The second kappa shape index (κ2) is 9.03. The highest BCUT2D eigenvalue weighted by Gasteiger charge is 2.46. The lowest BCUT2D eigenvalue weighted by molar-refractivity contribution is 0.0928. The lowest BCUT2D eigenvalue weighted by Gasteiger charge is -2.17. The van der Waals surface area contributed by atoms with Gasteiger partial charge in [-0.05, 0) is 97.1 Å². The Morgan fingerprint density at radius 3 is 2.39 bits per heavy atom. The highest BCUT2D eigenvalue weighted by molar-refractivity contribution is 6.12. The maximum atomic E-state index is 13.5. The number of hydrogen-bond donors (Lipinski definition) is 3. The number of halogens is 1. The number of rotatable bonds is 6. The summed E-state index contributed by atoms with van der Waals surface area (Å²) in [7, 11) is 1.56. The van der Waals surface area contributed by atoms with Crippen LogP contribution in [0.3, 0.4) is 0 Å². The van der Waals surface area contributed by atoms with Gasteiger partial charge in [0.15, 0.2) is 0 Å². The van der Waals surface area contributed by atoms with Crippen LogP contribution in [0.15, 0.2) is 83.4 Å². The van der Waals surface area contributed by atoms with Crippen LogP contribution >= 0.6 is 0 Å². The van der Waals surface area contributed by atoms with E-state index in [1.807, 2.05) is 61.7 Å². The Kier molecular flexibility index (Phi) is 5.64. The molecule has 1 saturated carbocycles. The van der Waals surface area contributed by atoms with Crippen molar-refractivity contribution in [2.75, 3.05) is 7.05 Å². The van der Waals surface area contributed by atoms with Crippen molar-refractivity contribution in [3.05, 3.63) is 107 Å². The maximum absolute atomic E-state index is 13.5. The molecule has 1 aliphatic rings. The predicted molar refractivity (Wildman–Crippen MR) is 144 cm³/mol. The van der Waals surface area contributed by atoms with Gasteiger partial charge >= 0.3 is 0 Å². The molecule has 2 aromatic heterocycles. The van der Waals surface area contributed by atoms with Crippen molar-refractivity contribution in [1.29, 1.82) is 0 Å². The summed E-state index contributed by atoms with van der Waals surface area (Å²) in [4.78, 5) is 29.4. The lowest BCUT2D eigenvalue weighted by Crippen LogP contribution is -2.35. The van der Waals surface area contributed by atoms with Gasteiger partial charge in [0.2, 0.25) is 0 Å². The zero-order valence-electron chi connectivity index (χ0n) is 21.0. The smallest absolute Gasteiger partial charge is 0.255 e. The molecule has 5 aromatic rings. The SMILES string of the molecule is CNC(=O)c1c(-c2ccc(F)cc2)oc2ccc(-c3cc(C(=O)NC4(c5ccc[nH]5)CC4)ccc3C)cc12. The molecule has 2 heterocycles. The van der Waals surface area contributed by atoms with Gasteiger partial charge < -0.3 is 20.0 Å². The number of amides is 2. The van der Waals surface area contributed by atoms with Crippen molar-refractivity contribution in [2.45, 2.75) is 25.3 Å². The summed E-state index contributed by atoms with van der Waals surface area (Å²) in [6.07, 6.45) is 3.66. The number of nitrogens with one attached hydrogen (secondary N) is 3.